The van der Waals surface area contributed by atoms with Crippen LogP contribution in [0, 0.1) is 6.92 Å². The van der Waals surface area contributed by atoms with Crippen LogP contribution in [0.15, 0.2) is 71.9 Å². The number of benzene rings is 2. The van der Waals surface area contributed by atoms with Gasteiger partial charge in [0.05, 0.1) is 33.6 Å². The molecule has 8 heteroatoms. The van der Waals surface area contributed by atoms with E-state index >= 15 is 0 Å². The number of fused-ring (bicyclic) bond motifs is 1. The fraction of sp³-hybridized carbons (Fsp3) is 0.0500. The Morgan fingerprint density at radius 3 is 2.46 bits per heavy atom. The molecule has 0 radical (unpaired) electrons. The summed E-state index contributed by atoms with van der Waals surface area (Å²) in [5.74, 6) is -1.12. The van der Waals surface area contributed by atoms with Crippen molar-refractivity contribution in [2.45, 2.75) is 11.8 Å². The number of anilines is 2. The number of aromatic nitrogens is 1. The Morgan fingerprint density at radius 2 is 1.75 bits per heavy atom. The van der Waals surface area contributed by atoms with Crippen LogP contribution >= 0.6 is 0 Å². The lowest BCUT2D eigenvalue weighted by Crippen LogP contribution is -2.29. The molecule has 3 aromatic rings. The number of nitrogens with one attached hydrogen (secondary N) is 1. The second kappa shape index (κ2) is 6.58. The number of hydrogen-bond donors (Lipinski definition) is 1. The summed E-state index contributed by atoms with van der Waals surface area (Å²) in [7, 11) is -3.92. The fourth-order valence-corrected chi connectivity index (χ4v) is 4.25. The third-order valence-electron chi connectivity index (χ3n) is 4.36. The van der Waals surface area contributed by atoms with Gasteiger partial charge in [0.1, 0.15) is 0 Å². The minimum Gasteiger partial charge on any atom is -0.279 e. The predicted molar refractivity (Wildman–Crippen MR) is 104 cm³/mol. The molecule has 0 aliphatic carbocycles. The summed E-state index contributed by atoms with van der Waals surface area (Å²) in [5.41, 5.74) is 1.32. The van der Waals surface area contributed by atoms with Gasteiger partial charge in [-0.2, -0.15) is 0 Å². The molecule has 2 aromatic carbocycles. The van der Waals surface area contributed by atoms with Gasteiger partial charge in [0, 0.05) is 6.20 Å². The van der Waals surface area contributed by atoms with Crippen molar-refractivity contribution in [2.75, 3.05) is 9.62 Å². The molecular weight excluding hydrogens is 378 g/mol. The average molecular weight is 393 g/mol. The van der Waals surface area contributed by atoms with E-state index in [1.54, 1.807) is 31.2 Å². The number of carbonyl (C=O) groups excluding carboxylic acids is 2. The van der Waals surface area contributed by atoms with Crippen molar-refractivity contribution >= 4 is 33.2 Å². The molecule has 2 amide bonds. The van der Waals surface area contributed by atoms with Gasteiger partial charge < -0.3 is 0 Å². The first kappa shape index (κ1) is 17.9. The molecule has 140 valence electrons. The summed E-state index contributed by atoms with van der Waals surface area (Å²) < 4.78 is 28.0. The van der Waals surface area contributed by atoms with Crippen LogP contribution in [0.5, 0.6) is 0 Å². The van der Waals surface area contributed by atoms with Crippen molar-refractivity contribution < 1.29 is 18.0 Å². The molecule has 2 heterocycles. The van der Waals surface area contributed by atoms with E-state index < -0.39 is 21.8 Å². The number of nitrogens with zero attached hydrogens (tertiary/aromatic N) is 2. The Morgan fingerprint density at radius 1 is 0.964 bits per heavy atom. The molecule has 0 bridgehead atoms. The molecule has 1 aliphatic heterocycles. The SMILES string of the molecule is Cc1cccc(S(=O)(=O)Nc2cccc3c2C(=O)N(c2cccnc2)C3=O)c1. The van der Waals surface area contributed by atoms with Crippen molar-refractivity contribution in [2.24, 2.45) is 0 Å². The maximum atomic E-state index is 12.9. The molecule has 0 atom stereocenters. The second-order valence-corrected chi connectivity index (χ2v) is 7.99. The maximum absolute atomic E-state index is 12.9. The number of rotatable bonds is 4. The Balaban J connectivity index is 1.76. The van der Waals surface area contributed by atoms with Gasteiger partial charge in [-0.1, -0.05) is 18.2 Å². The molecule has 1 aliphatic rings. The zero-order chi connectivity index (χ0) is 19.9. The lowest BCUT2D eigenvalue weighted by molar-refractivity contribution is 0.0926. The van der Waals surface area contributed by atoms with Crippen LogP contribution in [0.1, 0.15) is 26.3 Å². The van der Waals surface area contributed by atoms with E-state index in [9.17, 15) is 18.0 Å². The van der Waals surface area contributed by atoms with Crippen LogP contribution in [0.4, 0.5) is 11.4 Å². The van der Waals surface area contributed by atoms with Crippen LogP contribution in [0.3, 0.4) is 0 Å². The summed E-state index contributed by atoms with van der Waals surface area (Å²) in [6, 6.07) is 14.1. The van der Waals surface area contributed by atoms with Crippen LogP contribution in [0.2, 0.25) is 0 Å². The fourth-order valence-electron chi connectivity index (χ4n) is 3.08. The van der Waals surface area contributed by atoms with Gasteiger partial charge >= 0.3 is 0 Å². The van der Waals surface area contributed by atoms with Gasteiger partial charge in [-0.3, -0.25) is 19.3 Å². The molecule has 7 nitrogen and oxygen atoms in total. The molecule has 1 aromatic heterocycles. The maximum Gasteiger partial charge on any atom is 0.268 e. The number of amides is 2. The normalized spacial score (nSPS) is 13.5. The Bertz CT molecular complexity index is 1210. The highest BCUT2D eigenvalue weighted by Gasteiger charge is 2.39. The van der Waals surface area contributed by atoms with Crippen LogP contribution in [-0.2, 0) is 10.0 Å². The molecule has 0 unspecified atom stereocenters. The Hall–Kier alpha value is -3.52. The first-order valence-electron chi connectivity index (χ1n) is 8.40. The summed E-state index contributed by atoms with van der Waals surface area (Å²) in [4.78, 5) is 30.7. The van der Waals surface area contributed by atoms with Gasteiger partial charge in [-0.05, 0) is 48.9 Å². The highest BCUT2D eigenvalue weighted by molar-refractivity contribution is 7.92. The third-order valence-corrected chi connectivity index (χ3v) is 5.73. The molecule has 28 heavy (non-hydrogen) atoms. The van der Waals surface area contributed by atoms with Gasteiger partial charge in [0.2, 0.25) is 0 Å². The van der Waals surface area contributed by atoms with E-state index in [2.05, 4.69) is 9.71 Å². The van der Waals surface area contributed by atoms with Crippen LogP contribution in [-0.4, -0.2) is 25.2 Å². The molecular formula is C20H15N3O4S. The van der Waals surface area contributed by atoms with Crippen molar-refractivity contribution in [3.8, 4) is 0 Å². The average Bonchev–Trinajstić information content (AvgIpc) is 2.94. The number of carbonyl (C=O) groups is 2. The predicted octanol–water partition coefficient (Wildman–Crippen LogP) is 2.99. The number of pyridine rings is 1. The number of hydrogen-bond acceptors (Lipinski definition) is 5. The first-order valence-corrected chi connectivity index (χ1v) is 9.88. The van der Waals surface area contributed by atoms with Crippen LogP contribution < -0.4 is 9.62 Å². The molecule has 0 spiro atoms. The molecule has 0 saturated heterocycles. The van der Waals surface area contributed by atoms with Crippen molar-refractivity contribution in [1.29, 1.82) is 0 Å². The van der Waals surface area contributed by atoms with E-state index in [1.165, 1.54) is 42.7 Å². The summed E-state index contributed by atoms with van der Waals surface area (Å²) >= 11 is 0. The van der Waals surface area contributed by atoms with E-state index in [1.807, 2.05) is 0 Å². The number of aryl methyl sites for hydroxylation is 1. The van der Waals surface area contributed by atoms with Gasteiger partial charge in [-0.15, -0.1) is 0 Å². The summed E-state index contributed by atoms with van der Waals surface area (Å²) in [5, 5.41) is 0. The van der Waals surface area contributed by atoms with Crippen molar-refractivity contribution in [1.82, 2.24) is 4.98 Å². The van der Waals surface area contributed by atoms with E-state index in [-0.39, 0.29) is 21.7 Å². The van der Waals surface area contributed by atoms with E-state index in [0.717, 1.165) is 10.5 Å². The van der Waals surface area contributed by atoms with Crippen molar-refractivity contribution in [3.63, 3.8) is 0 Å². The summed E-state index contributed by atoms with van der Waals surface area (Å²) in [6.07, 6.45) is 2.93. The van der Waals surface area contributed by atoms with Crippen LogP contribution in [0.25, 0.3) is 0 Å². The largest absolute Gasteiger partial charge is 0.279 e. The molecule has 4 rings (SSSR count). The minimum absolute atomic E-state index is 0.0209. The first-order chi connectivity index (χ1) is 13.4. The topological polar surface area (TPSA) is 96.4 Å². The highest BCUT2D eigenvalue weighted by Crippen LogP contribution is 2.33. The molecule has 1 N–H and O–H groups in total. The molecule has 0 saturated carbocycles. The van der Waals surface area contributed by atoms with Gasteiger partial charge in [0.15, 0.2) is 0 Å². The quantitative estimate of drug-likeness (QED) is 0.688. The zero-order valence-corrected chi connectivity index (χ0v) is 15.6. The number of sulfonamides is 1. The molecule has 0 fully saturated rings. The smallest absolute Gasteiger partial charge is 0.268 e. The lowest BCUT2D eigenvalue weighted by Gasteiger charge is -2.13. The minimum atomic E-state index is -3.92. The number of imide groups is 1. The Kier molecular flexibility index (Phi) is 4.20. The zero-order valence-electron chi connectivity index (χ0n) is 14.8. The second-order valence-electron chi connectivity index (χ2n) is 6.31. The van der Waals surface area contributed by atoms with Gasteiger partial charge in [-0.25, -0.2) is 13.3 Å². The monoisotopic (exact) mass is 393 g/mol. The Labute approximate surface area is 161 Å². The third kappa shape index (κ3) is 2.93. The van der Waals surface area contributed by atoms with E-state index in [4.69, 9.17) is 0 Å². The lowest BCUT2D eigenvalue weighted by atomic mass is 10.1. The highest BCUT2D eigenvalue weighted by atomic mass is 32.2. The van der Waals surface area contributed by atoms with E-state index in [0.29, 0.717) is 5.69 Å². The standard InChI is InChI=1S/C20H15N3O4S/c1-13-5-2-7-15(11-13)28(26,27)22-17-9-3-8-16-18(17)20(25)23(19(16)24)14-6-4-10-21-12-14/h2-12,22H,1H3. The van der Waals surface area contributed by atoms with Gasteiger partial charge in [0.25, 0.3) is 21.8 Å². The summed E-state index contributed by atoms with van der Waals surface area (Å²) in [6.45, 7) is 1.78. The van der Waals surface area contributed by atoms with Crippen molar-refractivity contribution in [3.05, 3.63) is 83.7 Å².